The first-order valence-corrected chi connectivity index (χ1v) is 15.9. The molecule has 45 heavy (non-hydrogen) atoms. The molecule has 4 rings (SSSR count). The number of hydrogen-bond donors (Lipinski definition) is 3. The molecule has 0 unspecified atom stereocenters. The Labute approximate surface area is 267 Å². The monoisotopic (exact) mass is 616 g/mol. The van der Waals surface area contributed by atoms with Crippen molar-refractivity contribution in [3.63, 3.8) is 0 Å². The first kappa shape index (κ1) is 34.0. The summed E-state index contributed by atoms with van der Waals surface area (Å²) in [6.07, 6.45) is 2.39. The lowest BCUT2D eigenvalue weighted by molar-refractivity contribution is -0.0177. The second kappa shape index (κ2) is 17.0. The number of para-hydroxylation sites is 1. The summed E-state index contributed by atoms with van der Waals surface area (Å²) in [6.45, 7) is 8.24. The van der Waals surface area contributed by atoms with Gasteiger partial charge in [0.1, 0.15) is 5.75 Å². The van der Waals surface area contributed by atoms with Gasteiger partial charge in [-0.15, -0.1) is 0 Å². The average molecular weight is 617 g/mol. The fraction of sp³-hybridized carbons (Fsp3) is 0.444. The zero-order valence-electron chi connectivity index (χ0n) is 26.9. The molecule has 242 valence electrons. The van der Waals surface area contributed by atoms with Crippen LogP contribution in [-0.2, 0) is 11.3 Å². The Balaban J connectivity index is 1.59. The molecule has 3 N–H and O–H groups in total. The minimum atomic E-state index is -0.446. The van der Waals surface area contributed by atoms with Gasteiger partial charge in [0.05, 0.1) is 30.4 Å². The summed E-state index contributed by atoms with van der Waals surface area (Å²) in [6, 6.07) is 23.8. The number of carbonyl (C=O) groups is 2. The number of urea groups is 1. The lowest BCUT2D eigenvalue weighted by Gasteiger charge is -2.36. The zero-order chi connectivity index (χ0) is 32.2. The average Bonchev–Trinajstić information content (AvgIpc) is 3.03. The first-order valence-electron chi connectivity index (χ1n) is 15.9. The molecule has 3 aromatic rings. The number of anilines is 2. The van der Waals surface area contributed by atoms with Crippen molar-refractivity contribution in [2.24, 2.45) is 5.92 Å². The number of nitrogens with zero attached hydrogens (tertiary/aromatic N) is 2. The lowest BCUT2D eigenvalue weighted by atomic mass is 10.0. The van der Waals surface area contributed by atoms with E-state index in [1.807, 2.05) is 50.2 Å². The molecule has 1 aliphatic heterocycles. The number of aliphatic hydroxyl groups is 1. The standard InChI is InChI=1S/C36H48N4O5/c1-26-22-40(27(2)25-41)35(42)32-21-31(38-36(43)37-30-16-9-6-10-17-30)18-19-33(32)45-28(3)13-11-12-20-44-34(26)24-39(4)23-29-14-7-5-8-15-29/h5-10,14-19,21,26-28,34,41H,11-13,20,22-25H2,1-4H3,(H2,37,38,43)/t26-,27+,28+,34+/m0/s1. The maximum Gasteiger partial charge on any atom is 0.323 e. The molecule has 1 aliphatic rings. The van der Waals surface area contributed by atoms with E-state index in [-0.39, 0.29) is 30.6 Å². The van der Waals surface area contributed by atoms with Gasteiger partial charge in [0.25, 0.3) is 5.91 Å². The third kappa shape index (κ3) is 10.3. The van der Waals surface area contributed by atoms with E-state index in [9.17, 15) is 14.7 Å². The SMILES string of the molecule is C[C@@H]1CCCCO[C@H](CN(C)Cc2ccccc2)[C@@H](C)CN([C@H](C)CO)C(=O)c2cc(NC(=O)Nc3ccccc3)ccc2O1. The summed E-state index contributed by atoms with van der Waals surface area (Å²) in [5, 5.41) is 15.9. The maximum absolute atomic E-state index is 14.3. The van der Waals surface area contributed by atoms with Crippen molar-refractivity contribution in [3.05, 3.63) is 90.0 Å². The van der Waals surface area contributed by atoms with Gasteiger partial charge in [0.2, 0.25) is 0 Å². The van der Waals surface area contributed by atoms with Crippen molar-refractivity contribution < 1.29 is 24.2 Å². The molecule has 0 radical (unpaired) electrons. The number of hydrogen-bond acceptors (Lipinski definition) is 6. The molecule has 1 heterocycles. The van der Waals surface area contributed by atoms with Gasteiger partial charge in [-0.1, -0.05) is 55.5 Å². The topological polar surface area (TPSA) is 103 Å². The Morgan fingerprint density at radius 3 is 2.40 bits per heavy atom. The number of carbonyl (C=O) groups excluding carboxylic acids is 2. The van der Waals surface area contributed by atoms with Gasteiger partial charge >= 0.3 is 6.03 Å². The highest BCUT2D eigenvalue weighted by Crippen LogP contribution is 2.29. The molecule has 9 heteroatoms. The van der Waals surface area contributed by atoms with Crippen LogP contribution < -0.4 is 15.4 Å². The summed E-state index contributed by atoms with van der Waals surface area (Å²) in [5.41, 5.74) is 2.68. The van der Waals surface area contributed by atoms with E-state index in [0.29, 0.717) is 42.4 Å². The van der Waals surface area contributed by atoms with Gasteiger partial charge in [0.15, 0.2) is 0 Å². The van der Waals surface area contributed by atoms with Gasteiger partial charge in [-0.05, 0) is 76.1 Å². The number of likely N-dealkylation sites (N-methyl/N-ethyl adjacent to an activating group) is 1. The predicted molar refractivity (Wildman–Crippen MR) is 179 cm³/mol. The summed E-state index contributed by atoms with van der Waals surface area (Å²) in [7, 11) is 2.09. The highest BCUT2D eigenvalue weighted by atomic mass is 16.5. The van der Waals surface area contributed by atoms with Gasteiger partial charge in [0, 0.05) is 43.5 Å². The quantitative estimate of drug-likeness (QED) is 0.276. The van der Waals surface area contributed by atoms with Crippen LogP contribution in [0.15, 0.2) is 78.9 Å². The van der Waals surface area contributed by atoms with E-state index in [1.54, 1.807) is 35.2 Å². The minimum Gasteiger partial charge on any atom is -0.490 e. The number of nitrogens with one attached hydrogen (secondary N) is 2. The molecule has 0 aromatic heterocycles. The second-order valence-corrected chi connectivity index (χ2v) is 12.1. The van der Waals surface area contributed by atoms with Crippen LogP contribution in [0.1, 0.15) is 56.0 Å². The van der Waals surface area contributed by atoms with Crippen molar-refractivity contribution in [1.29, 1.82) is 0 Å². The number of fused-ring (bicyclic) bond motifs is 1. The highest BCUT2D eigenvalue weighted by Gasteiger charge is 2.30. The van der Waals surface area contributed by atoms with Crippen LogP contribution >= 0.6 is 0 Å². The molecular formula is C36H48N4O5. The largest absolute Gasteiger partial charge is 0.490 e. The van der Waals surface area contributed by atoms with Crippen LogP contribution in [0.4, 0.5) is 16.2 Å². The Bertz CT molecular complexity index is 1360. The van der Waals surface area contributed by atoms with E-state index in [1.165, 1.54) is 5.56 Å². The number of aliphatic hydroxyl groups excluding tert-OH is 1. The van der Waals surface area contributed by atoms with Crippen molar-refractivity contribution in [1.82, 2.24) is 9.80 Å². The molecule has 0 spiro atoms. The molecule has 0 bridgehead atoms. The zero-order valence-corrected chi connectivity index (χ0v) is 26.9. The van der Waals surface area contributed by atoms with Gasteiger partial charge < -0.3 is 30.1 Å². The fourth-order valence-electron chi connectivity index (χ4n) is 5.54. The van der Waals surface area contributed by atoms with E-state index >= 15 is 0 Å². The van der Waals surface area contributed by atoms with Crippen LogP contribution in [-0.4, -0.2) is 78.4 Å². The normalized spacial score (nSPS) is 20.4. The molecule has 0 fully saturated rings. The Hall–Kier alpha value is -3.92. The molecule has 0 saturated heterocycles. The molecule has 9 nitrogen and oxygen atoms in total. The maximum atomic E-state index is 14.3. The lowest BCUT2D eigenvalue weighted by Crippen LogP contribution is -2.47. The summed E-state index contributed by atoms with van der Waals surface area (Å²) >= 11 is 0. The van der Waals surface area contributed by atoms with Crippen molar-refractivity contribution in [2.45, 2.75) is 64.8 Å². The predicted octanol–water partition coefficient (Wildman–Crippen LogP) is 6.26. The van der Waals surface area contributed by atoms with Crippen molar-refractivity contribution >= 4 is 23.3 Å². The van der Waals surface area contributed by atoms with Gasteiger partial charge in [-0.2, -0.15) is 0 Å². The Kier molecular flexibility index (Phi) is 12.8. The number of amides is 3. The van der Waals surface area contributed by atoms with Crippen LogP contribution in [0.2, 0.25) is 0 Å². The van der Waals surface area contributed by atoms with Crippen LogP contribution in [0.25, 0.3) is 0 Å². The summed E-state index contributed by atoms with van der Waals surface area (Å²) < 4.78 is 12.8. The molecular weight excluding hydrogens is 568 g/mol. The third-order valence-corrected chi connectivity index (χ3v) is 8.13. The number of ether oxygens (including phenoxy) is 2. The Morgan fingerprint density at radius 2 is 1.69 bits per heavy atom. The van der Waals surface area contributed by atoms with E-state index < -0.39 is 12.1 Å². The smallest absolute Gasteiger partial charge is 0.323 e. The highest BCUT2D eigenvalue weighted by molar-refractivity contribution is 6.02. The van der Waals surface area contributed by atoms with E-state index in [4.69, 9.17) is 9.47 Å². The number of benzene rings is 3. The van der Waals surface area contributed by atoms with Gasteiger partial charge in [-0.3, -0.25) is 9.69 Å². The molecule has 0 saturated carbocycles. The summed E-state index contributed by atoms with van der Waals surface area (Å²) in [5.74, 6) is 0.160. The summed E-state index contributed by atoms with van der Waals surface area (Å²) in [4.78, 5) is 31.0. The van der Waals surface area contributed by atoms with E-state index in [0.717, 1.165) is 25.8 Å². The van der Waals surface area contributed by atoms with Crippen LogP contribution in [0.5, 0.6) is 5.75 Å². The Morgan fingerprint density at radius 1 is 1.00 bits per heavy atom. The second-order valence-electron chi connectivity index (χ2n) is 12.1. The van der Waals surface area contributed by atoms with Crippen LogP contribution in [0, 0.1) is 5.92 Å². The van der Waals surface area contributed by atoms with Crippen molar-refractivity contribution in [2.75, 3.05) is 44.0 Å². The molecule has 4 atom stereocenters. The fourth-order valence-corrected chi connectivity index (χ4v) is 5.54. The third-order valence-electron chi connectivity index (χ3n) is 8.13. The molecule has 0 aliphatic carbocycles. The van der Waals surface area contributed by atoms with Crippen molar-refractivity contribution in [3.8, 4) is 5.75 Å². The molecule has 3 aromatic carbocycles. The van der Waals surface area contributed by atoms with E-state index in [2.05, 4.69) is 41.6 Å². The molecule has 3 amide bonds. The number of rotatable bonds is 8. The van der Waals surface area contributed by atoms with Gasteiger partial charge in [-0.25, -0.2) is 4.79 Å². The first-order chi connectivity index (χ1) is 21.7. The minimum absolute atomic E-state index is 0.0228. The van der Waals surface area contributed by atoms with Crippen LogP contribution in [0.3, 0.4) is 0 Å².